The fourth-order valence-electron chi connectivity index (χ4n) is 3.72. The number of fused-ring (bicyclic) bond motifs is 1. The molecule has 3 aromatic rings. The number of thioether (sulfide) groups is 1. The van der Waals surface area contributed by atoms with Crippen molar-refractivity contribution >= 4 is 34.5 Å². The maximum atomic E-state index is 13.2. The Labute approximate surface area is 183 Å². The average molecular weight is 442 g/mol. The Morgan fingerprint density at radius 1 is 1.29 bits per heavy atom. The van der Waals surface area contributed by atoms with Gasteiger partial charge in [-0.05, 0) is 43.2 Å². The summed E-state index contributed by atoms with van der Waals surface area (Å²) in [7, 11) is 1.30. The molecule has 0 unspecified atom stereocenters. The number of aromatic nitrogens is 2. The zero-order valence-corrected chi connectivity index (χ0v) is 17.9. The Balaban J connectivity index is 1.66. The summed E-state index contributed by atoms with van der Waals surface area (Å²) in [6.45, 7) is 0.195. The second kappa shape index (κ2) is 9.38. The molecule has 31 heavy (non-hydrogen) atoms. The molecule has 2 heterocycles. The number of amides is 1. The molecule has 1 fully saturated rings. The number of esters is 1. The molecule has 162 valence electrons. The highest BCUT2D eigenvalue weighted by molar-refractivity contribution is 7.99. The average Bonchev–Trinajstić information content (AvgIpc) is 3.48. The van der Waals surface area contributed by atoms with Gasteiger partial charge in [0.05, 0.1) is 42.1 Å². The second-order valence-corrected chi connectivity index (χ2v) is 8.37. The van der Waals surface area contributed by atoms with Gasteiger partial charge >= 0.3 is 5.97 Å². The molecule has 1 aliphatic rings. The van der Waals surface area contributed by atoms with Crippen LogP contribution in [0.1, 0.15) is 41.8 Å². The van der Waals surface area contributed by atoms with Crippen LogP contribution in [0.3, 0.4) is 0 Å². The number of nitrogens with zero attached hydrogens (tertiary/aromatic N) is 2. The molecular weight excluding hydrogens is 418 g/mol. The largest absolute Gasteiger partial charge is 0.467 e. The Bertz CT molecular complexity index is 1150. The third-order valence-electron chi connectivity index (χ3n) is 5.29. The van der Waals surface area contributed by atoms with Gasteiger partial charge in [-0.3, -0.25) is 14.2 Å². The molecule has 1 saturated carbocycles. The van der Waals surface area contributed by atoms with E-state index in [0.29, 0.717) is 27.4 Å². The van der Waals surface area contributed by atoms with Crippen molar-refractivity contribution in [3.05, 3.63) is 58.3 Å². The Kier molecular flexibility index (Phi) is 6.41. The molecule has 0 aliphatic heterocycles. The molecule has 2 aromatic heterocycles. The maximum Gasteiger partial charge on any atom is 0.337 e. The minimum atomic E-state index is -0.506. The van der Waals surface area contributed by atoms with Gasteiger partial charge in [0.25, 0.3) is 5.56 Å². The molecule has 8 nitrogen and oxygen atoms in total. The molecule has 0 atom stereocenters. The summed E-state index contributed by atoms with van der Waals surface area (Å²) in [5.74, 6) is 0.155. The van der Waals surface area contributed by atoms with E-state index in [2.05, 4.69) is 10.3 Å². The number of furan rings is 1. The summed E-state index contributed by atoms with van der Waals surface area (Å²) in [4.78, 5) is 42.1. The molecule has 0 saturated heterocycles. The molecule has 1 aliphatic carbocycles. The normalized spacial score (nSPS) is 14.1. The molecule has 0 spiro atoms. The summed E-state index contributed by atoms with van der Waals surface area (Å²) < 4.78 is 11.7. The minimum Gasteiger partial charge on any atom is -0.467 e. The van der Waals surface area contributed by atoms with E-state index >= 15 is 0 Å². The quantitative estimate of drug-likeness (QED) is 0.341. The van der Waals surface area contributed by atoms with Crippen molar-refractivity contribution in [2.24, 2.45) is 0 Å². The standard InChI is InChI=1S/C22H23N3O5S/c1-29-21(28)14-8-9-17-18(11-14)24-22(25(20(17)27)12-16-7-4-10-30-16)31-13-19(26)23-15-5-2-3-6-15/h4,7-11,15H,2-3,5-6,12-13H2,1H3,(H,23,26). The second-order valence-electron chi connectivity index (χ2n) is 7.43. The summed E-state index contributed by atoms with van der Waals surface area (Å²) in [5, 5.41) is 3.80. The third-order valence-corrected chi connectivity index (χ3v) is 6.26. The fourth-order valence-corrected chi connectivity index (χ4v) is 4.53. The molecular formula is C22H23N3O5S. The van der Waals surface area contributed by atoms with Gasteiger partial charge in [0.15, 0.2) is 5.16 Å². The molecule has 0 radical (unpaired) electrons. The van der Waals surface area contributed by atoms with Crippen LogP contribution >= 0.6 is 11.8 Å². The van der Waals surface area contributed by atoms with Crippen LogP contribution in [0.4, 0.5) is 0 Å². The zero-order chi connectivity index (χ0) is 21.8. The van der Waals surface area contributed by atoms with E-state index in [4.69, 9.17) is 9.15 Å². The van der Waals surface area contributed by atoms with E-state index in [-0.39, 0.29) is 29.8 Å². The van der Waals surface area contributed by atoms with Gasteiger partial charge in [-0.15, -0.1) is 0 Å². The first-order valence-corrected chi connectivity index (χ1v) is 11.1. The van der Waals surface area contributed by atoms with Gasteiger partial charge in [0.1, 0.15) is 5.76 Å². The first-order chi connectivity index (χ1) is 15.0. The van der Waals surface area contributed by atoms with Crippen LogP contribution in [0.15, 0.2) is 51.0 Å². The lowest BCUT2D eigenvalue weighted by Crippen LogP contribution is -2.34. The van der Waals surface area contributed by atoms with Crippen molar-refractivity contribution in [3.63, 3.8) is 0 Å². The molecule has 1 N–H and O–H groups in total. The summed E-state index contributed by atoms with van der Waals surface area (Å²) >= 11 is 1.19. The smallest absolute Gasteiger partial charge is 0.337 e. The molecule has 9 heteroatoms. The van der Waals surface area contributed by atoms with Crippen LogP contribution in [-0.4, -0.2) is 40.3 Å². The van der Waals surface area contributed by atoms with Crippen molar-refractivity contribution < 1.29 is 18.7 Å². The number of benzene rings is 1. The van der Waals surface area contributed by atoms with Crippen LogP contribution in [0, 0.1) is 0 Å². The van der Waals surface area contributed by atoms with Crippen LogP contribution in [0.2, 0.25) is 0 Å². The maximum absolute atomic E-state index is 13.2. The van der Waals surface area contributed by atoms with Gasteiger partial charge in [-0.1, -0.05) is 24.6 Å². The highest BCUT2D eigenvalue weighted by Crippen LogP contribution is 2.21. The topological polar surface area (TPSA) is 103 Å². The van der Waals surface area contributed by atoms with Crippen molar-refractivity contribution in [3.8, 4) is 0 Å². The number of carbonyl (C=O) groups is 2. The van der Waals surface area contributed by atoms with Crippen LogP contribution in [0.5, 0.6) is 0 Å². The zero-order valence-electron chi connectivity index (χ0n) is 17.1. The number of ether oxygens (including phenoxy) is 1. The van der Waals surface area contributed by atoms with Crippen LogP contribution in [0.25, 0.3) is 10.9 Å². The van der Waals surface area contributed by atoms with Gasteiger partial charge in [-0.2, -0.15) is 0 Å². The summed E-state index contributed by atoms with van der Waals surface area (Å²) in [6, 6.07) is 8.39. The lowest BCUT2D eigenvalue weighted by molar-refractivity contribution is -0.119. The van der Waals surface area contributed by atoms with E-state index in [1.807, 2.05) is 0 Å². The predicted molar refractivity (Wildman–Crippen MR) is 116 cm³/mol. The van der Waals surface area contributed by atoms with Gasteiger partial charge in [0.2, 0.25) is 5.91 Å². The highest BCUT2D eigenvalue weighted by atomic mass is 32.2. The van der Waals surface area contributed by atoms with E-state index in [9.17, 15) is 14.4 Å². The first kappa shape index (κ1) is 21.2. The minimum absolute atomic E-state index is 0.0842. The van der Waals surface area contributed by atoms with E-state index < -0.39 is 5.97 Å². The number of carbonyl (C=O) groups excluding carboxylic acids is 2. The lowest BCUT2D eigenvalue weighted by Gasteiger charge is -2.14. The number of rotatable bonds is 7. The van der Waals surface area contributed by atoms with E-state index in [0.717, 1.165) is 25.7 Å². The van der Waals surface area contributed by atoms with E-state index in [1.165, 1.54) is 35.6 Å². The Morgan fingerprint density at radius 2 is 2.10 bits per heavy atom. The SMILES string of the molecule is COC(=O)c1ccc2c(=O)n(Cc3ccco3)c(SCC(=O)NC3CCCC3)nc2c1. The Morgan fingerprint density at radius 3 is 2.81 bits per heavy atom. The summed E-state index contributed by atoms with van der Waals surface area (Å²) in [6.07, 6.45) is 5.82. The first-order valence-electron chi connectivity index (χ1n) is 10.1. The highest BCUT2D eigenvalue weighted by Gasteiger charge is 2.19. The Hall–Kier alpha value is -3.07. The van der Waals surface area contributed by atoms with Crippen LogP contribution in [-0.2, 0) is 16.1 Å². The monoisotopic (exact) mass is 441 g/mol. The lowest BCUT2D eigenvalue weighted by atomic mass is 10.1. The molecule has 1 aromatic carbocycles. The third kappa shape index (κ3) is 4.82. The van der Waals surface area contributed by atoms with Crippen molar-refractivity contribution in [1.29, 1.82) is 0 Å². The molecule has 4 rings (SSSR count). The van der Waals surface area contributed by atoms with Crippen molar-refractivity contribution in [2.45, 2.75) is 43.4 Å². The van der Waals surface area contributed by atoms with E-state index in [1.54, 1.807) is 24.5 Å². The van der Waals surface area contributed by atoms with Gasteiger partial charge in [0, 0.05) is 6.04 Å². The predicted octanol–water partition coefficient (Wildman–Crippen LogP) is 2.98. The van der Waals surface area contributed by atoms with Crippen LogP contribution < -0.4 is 10.9 Å². The van der Waals surface area contributed by atoms with Gasteiger partial charge in [-0.25, -0.2) is 9.78 Å². The number of nitrogens with one attached hydrogen (secondary N) is 1. The molecule has 1 amide bonds. The number of hydrogen-bond acceptors (Lipinski definition) is 7. The molecule has 0 bridgehead atoms. The number of hydrogen-bond donors (Lipinski definition) is 1. The van der Waals surface area contributed by atoms with Crippen molar-refractivity contribution in [2.75, 3.05) is 12.9 Å². The fraction of sp³-hybridized carbons (Fsp3) is 0.364. The van der Waals surface area contributed by atoms with Gasteiger partial charge < -0.3 is 14.5 Å². The van der Waals surface area contributed by atoms with Crippen molar-refractivity contribution in [1.82, 2.24) is 14.9 Å². The number of methoxy groups -OCH3 is 1. The summed E-state index contributed by atoms with van der Waals surface area (Å²) in [5.41, 5.74) is 0.416.